The smallest absolute Gasteiger partial charge is 1.00 e. The first-order valence-corrected chi connectivity index (χ1v) is 4.15. The summed E-state index contributed by atoms with van der Waals surface area (Å²) in [6.45, 7) is 0. The number of benzene rings is 1. The summed E-state index contributed by atoms with van der Waals surface area (Å²) in [5.74, 6) is -2.78. The average molecular weight is 259 g/mol. The molecule has 15 heavy (non-hydrogen) atoms. The molecule has 1 aromatic carbocycles. The standard InChI is InChI=1S/C8H4Cl2O4.Na.H/c9-4-2-1-3(7(11)12)5(6(4)10)8(13)14;;/h1-2H,(H,11,12)(H,13,14);;/q;+1;-1. The van der Waals surface area contributed by atoms with Crippen LogP contribution < -0.4 is 29.6 Å². The van der Waals surface area contributed by atoms with Crippen molar-refractivity contribution >= 4 is 35.1 Å². The van der Waals surface area contributed by atoms with Gasteiger partial charge < -0.3 is 11.6 Å². The van der Waals surface area contributed by atoms with Crippen LogP contribution in [0.5, 0.6) is 0 Å². The van der Waals surface area contributed by atoms with Gasteiger partial charge in [0.1, 0.15) is 0 Å². The van der Waals surface area contributed by atoms with Gasteiger partial charge in [-0.05, 0) is 12.1 Å². The minimum absolute atomic E-state index is 0. The number of rotatable bonds is 2. The van der Waals surface area contributed by atoms with Crippen LogP contribution in [-0.2, 0) is 0 Å². The third-order valence-electron chi connectivity index (χ3n) is 1.54. The second-order valence-electron chi connectivity index (χ2n) is 2.39. The van der Waals surface area contributed by atoms with Crippen molar-refractivity contribution in [2.75, 3.05) is 0 Å². The van der Waals surface area contributed by atoms with Crippen LogP contribution in [0.3, 0.4) is 0 Å². The zero-order valence-electron chi connectivity index (χ0n) is 8.62. The van der Waals surface area contributed by atoms with E-state index in [-0.39, 0.29) is 46.6 Å². The van der Waals surface area contributed by atoms with E-state index in [1.54, 1.807) is 0 Å². The number of carbonyl (C=O) groups is 2. The number of hydrogen-bond acceptors (Lipinski definition) is 2. The molecule has 0 saturated heterocycles. The molecular weight excluding hydrogens is 254 g/mol. The number of aromatic carboxylic acids is 2. The molecule has 76 valence electrons. The van der Waals surface area contributed by atoms with Gasteiger partial charge in [0.05, 0.1) is 21.2 Å². The van der Waals surface area contributed by atoms with E-state index in [0.29, 0.717) is 0 Å². The molecule has 7 heteroatoms. The molecule has 0 heterocycles. The topological polar surface area (TPSA) is 74.6 Å². The normalized spacial score (nSPS) is 9.20. The predicted octanol–water partition coefficient (Wildman–Crippen LogP) is -0.494. The van der Waals surface area contributed by atoms with E-state index in [9.17, 15) is 9.59 Å². The number of hydrogen-bond donors (Lipinski definition) is 2. The minimum atomic E-state index is -1.42. The Morgan fingerprint density at radius 1 is 1.13 bits per heavy atom. The summed E-state index contributed by atoms with van der Waals surface area (Å²) in [6, 6.07) is 2.33. The van der Waals surface area contributed by atoms with Crippen LogP contribution >= 0.6 is 23.2 Å². The first-order chi connectivity index (χ1) is 6.45. The van der Waals surface area contributed by atoms with Gasteiger partial charge in [0.2, 0.25) is 0 Å². The summed E-state index contributed by atoms with van der Waals surface area (Å²) >= 11 is 11.1. The van der Waals surface area contributed by atoms with Gasteiger partial charge in [-0.25, -0.2) is 9.59 Å². The summed E-state index contributed by atoms with van der Waals surface area (Å²) in [6.07, 6.45) is 0. The Balaban J connectivity index is 0. The Morgan fingerprint density at radius 3 is 2.07 bits per heavy atom. The summed E-state index contributed by atoms with van der Waals surface area (Å²) in [5.41, 5.74) is -0.876. The molecule has 0 fully saturated rings. The predicted molar refractivity (Wildman–Crippen MR) is 51.5 cm³/mol. The Kier molecular flexibility index (Phi) is 5.62. The summed E-state index contributed by atoms with van der Waals surface area (Å²) in [7, 11) is 0. The molecule has 0 aliphatic carbocycles. The van der Waals surface area contributed by atoms with Gasteiger partial charge in [-0.1, -0.05) is 23.2 Å². The van der Waals surface area contributed by atoms with E-state index in [1.807, 2.05) is 0 Å². The van der Waals surface area contributed by atoms with Crippen molar-refractivity contribution in [2.24, 2.45) is 0 Å². The fourth-order valence-electron chi connectivity index (χ4n) is 0.938. The van der Waals surface area contributed by atoms with Gasteiger partial charge in [0.15, 0.2) is 0 Å². The minimum Gasteiger partial charge on any atom is -1.00 e. The van der Waals surface area contributed by atoms with E-state index in [0.717, 1.165) is 6.07 Å². The summed E-state index contributed by atoms with van der Waals surface area (Å²) in [4.78, 5) is 21.3. The maximum Gasteiger partial charge on any atom is 1.00 e. The summed E-state index contributed by atoms with van der Waals surface area (Å²) < 4.78 is 0. The van der Waals surface area contributed by atoms with Crippen LogP contribution in [0, 0.1) is 0 Å². The number of carboxylic acid groups (broad SMARTS) is 2. The van der Waals surface area contributed by atoms with Crippen LogP contribution in [0.15, 0.2) is 12.1 Å². The fraction of sp³-hybridized carbons (Fsp3) is 0. The van der Waals surface area contributed by atoms with Crippen LogP contribution in [0.1, 0.15) is 22.1 Å². The Labute approximate surface area is 119 Å². The molecule has 2 N–H and O–H groups in total. The van der Waals surface area contributed by atoms with Gasteiger partial charge in [-0.2, -0.15) is 0 Å². The zero-order chi connectivity index (χ0) is 10.9. The van der Waals surface area contributed by atoms with Crippen molar-refractivity contribution in [3.63, 3.8) is 0 Å². The van der Waals surface area contributed by atoms with Gasteiger partial charge in [-0.3, -0.25) is 0 Å². The van der Waals surface area contributed by atoms with Gasteiger partial charge >= 0.3 is 41.5 Å². The third-order valence-corrected chi connectivity index (χ3v) is 2.34. The molecule has 4 nitrogen and oxygen atoms in total. The zero-order valence-corrected chi connectivity index (χ0v) is 11.1. The molecule has 0 aliphatic rings. The second kappa shape index (κ2) is 5.72. The van der Waals surface area contributed by atoms with Crippen molar-refractivity contribution in [1.82, 2.24) is 0 Å². The first-order valence-electron chi connectivity index (χ1n) is 3.39. The molecule has 1 aromatic rings. The molecule has 0 radical (unpaired) electrons. The van der Waals surface area contributed by atoms with Crippen molar-refractivity contribution in [2.45, 2.75) is 0 Å². The third kappa shape index (κ3) is 3.09. The first kappa shape index (κ1) is 14.7. The van der Waals surface area contributed by atoms with Crippen molar-refractivity contribution < 1.29 is 50.8 Å². The monoisotopic (exact) mass is 258 g/mol. The molecule has 0 saturated carbocycles. The van der Waals surface area contributed by atoms with E-state index in [1.165, 1.54) is 6.07 Å². The largest absolute Gasteiger partial charge is 1.00 e. The van der Waals surface area contributed by atoms with E-state index in [2.05, 4.69) is 0 Å². The number of halogens is 2. The molecule has 0 atom stereocenters. The second-order valence-corrected chi connectivity index (χ2v) is 3.18. The van der Waals surface area contributed by atoms with Crippen LogP contribution in [0.2, 0.25) is 10.0 Å². The summed E-state index contributed by atoms with van der Waals surface area (Å²) in [5, 5.41) is 17.1. The van der Waals surface area contributed by atoms with Crippen LogP contribution in [0.25, 0.3) is 0 Å². The van der Waals surface area contributed by atoms with Gasteiger partial charge in [0.25, 0.3) is 0 Å². The SMILES string of the molecule is O=C(O)c1ccc(Cl)c(Cl)c1C(=O)O.[H-].[Na+]. The van der Waals surface area contributed by atoms with E-state index >= 15 is 0 Å². The quantitative estimate of drug-likeness (QED) is 0.702. The van der Waals surface area contributed by atoms with Crippen molar-refractivity contribution in [1.29, 1.82) is 0 Å². The number of carboxylic acids is 2. The van der Waals surface area contributed by atoms with Crippen LogP contribution in [0.4, 0.5) is 0 Å². The molecular formula is C8H5Cl2NaO4. The molecule has 0 aliphatic heterocycles. The molecule has 1 rings (SSSR count). The average Bonchev–Trinajstić information content (AvgIpc) is 2.08. The fourth-order valence-corrected chi connectivity index (χ4v) is 1.34. The Hall–Kier alpha value is -0.260. The maximum absolute atomic E-state index is 10.7. The Bertz CT molecular complexity index is 425. The van der Waals surface area contributed by atoms with E-state index < -0.39 is 17.5 Å². The van der Waals surface area contributed by atoms with Gasteiger partial charge in [0, 0.05) is 0 Å². The molecule has 0 aromatic heterocycles. The van der Waals surface area contributed by atoms with E-state index in [4.69, 9.17) is 33.4 Å². The molecule has 0 unspecified atom stereocenters. The molecule has 0 spiro atoms. The van der Waals surface area contributed by atoms with Crippen LogP contribution in [-0.4, -0.2) is 22.2 Å². The molecule has 0 amide bonds. The van der Waals surface area contributed by atoms with Crippen molar-refractivity contribution in [3.05, 3.63) is 33.3 Å². The Morgan fingerprint density at radius 2 is 1.67 bits per heavy atom. The van der Waals surface area contributed by atoms with Crippen molar-refractivity contribution in [3.8, 4) is 0 Å². The molecule has 0 bridgehead atoms. The van der Waals surface area contributed by atoms with Gasteiger partial charge in [-0.15, -0.1) is 0 Å². The maximum atomic E-state index is 10.7.